The van der Waals surface area contributed by atoms with Gasteiger partial charge in [0, 0.05) is 45.9 Å². The molecule has 4 bridgehead atoms. The molecule has 3 aliphatic heterocycles. The molecule has 3 unspecified atom stereocenters. The molecule has 18 heteroatoms. The van der Waals surface area contributed by atoms with Gasteiger partial charge in [-0.15, -0.1) is 0 Å². The number of ether oxygens (including phenoxy) is 2. The number of aryl methyl sites for hydroxylation is 1. The van der Waals surface area contributed by atoms with Crippen LogP contribution in [0.1, 0.15) is 108 Å². The highest BCUT2D eigenvalue weighted by Gasteiger charge is 2.55. The van der Waals surface area contributed by atoms with Gasteiger partial charge >= 0.3 is 5.97 Å². The summed E-state index contributed by atoms with van der Waals surface area (Å²) in [7, 11) is 2.97. The number of phenolic OH excluding ortho intramolecular Hbond substituents is 1. The van der Waals surface area contributed by atoms with Crippen molar-refractivity contribution in [2.45, 2.75) is 152 Å². The van der Waals surface area contributed by atoms with Crippen molar-refractivity contribution >= 4 is 46.2 Å². The van der Waals surface area contributed by atoms with Gasteiger partial charge in [-0.1, -0.05) is 82.2 Å². The third-order valence-corrected chi connectivity index (χ3v) is 16.1. The Bertz CT molecular complexity index is 2350. The molecule has 2 saturated heterocycles. The fourth-order valence-corrected chi connectivity index (χ4v) is 11.3. The van der Waals surface area contributed by atoms with E-state index in [1.54, 1.807) is 37.5 Å². The zero-order chi connectivity index (χ0) is 52.4. The highest BCUT2D eigenvalue weighted by atomic mass is 32.2. The molecule has 0 radical (unpaired) electrons. The van der Waals surface area contributed by atoms with Crippen LogP contribution in [0.15, 0.2) is 78.4 Å². The number of allylic oxidation sites excluding steroid dienone is 3. The predicted molar refractivity (Wildman–Crippen MR) is 277 cm³/mol. The third-order valence-electron chi connectivity index (χ3n) is 14.6. The number of nitrogens with one attached hydrogen (secondary N) is 3. The van der Waals surface area contributed by atoms with E-state index >= 15 is 0 Å². The maximum atomic E-state index is 14.9. The molecule has 394 valence electrons. The van der Waals surface area contributed by atoms with E-state index in [1.807, 2.05) is 32.0 Å². The van der Waals surface area contributed by atoms with Gasteiger partial charge in [-0.3, -0.25) is 29.0 Å². The highest BCUT2D eigenvalue weighted by Crippen LogP contribution is 2.34. The average Bonchev–Trinajstić information content (AvgIpc) is 3.71. The van der Waals surface area contributed by atoms with E-state index in [1.165, 1.54) is 33.2 Å². The summed E-state index contributed by atoms with van der Waals surface area (Å²) in [4.78, 5) is 74.4. The number of hydrogen-bond acceptors (Lipinski definition) is 12. The minimum atomic E-state index is -1.69. The van der Waals surface area contributed by atoms with Crippen LogP contribution >= 0.6 is 0 Å². The van der Waals surface area contributed by atoms with Crippen molar-refractivity contribution in [1.29, 1.82) is 0 Å². The SMILES string of the molecule is C=C/C1=C\CCC(NC(=C)[C@H](C)OC)CCCC(C)(C)COC(=O)[C@@H]2CCCN(N2)C(=O)[C@@H](NC(=O)[C@H](C2CCCC2)N(C)C(=O)CN(C)C(=O)[C@H]2[C@@H](N)N2S(=O)c2ccc(C)cc2)Cc2cc(O)cc1c2. The minimum absolute atomic E-state index is 0.0402. The van der Waals surface area contributed by atoms with Gasteiger partial charge in [0.05, 0.1) is 30.3 Å². The van der Waals surface area contributed by atoms with Crippen molar-refractivity contribution in [3.63, 3.8) is 0 Å². The van der Waals surface area contributed by atoms with Crippen LogP contribution in [0.5, 0.6) is 5.75 Å². The van der Waals surface area contributed by atoms with E-state index in [9.17, 15) is 33.3 Å². The van der Waals surface area contributed by atoms with Gasteiger partial charge in [-0.05, 0) is 118 Å². The zero-order valence-electron chi connectivity index (χ0n) is 43.3. The number of hydrazine groups is 1. The molecule has 1 aliphatic carbocycles. The Labute approximate surface area is 428 Å². The number of likely N-dealkylation sites (N-methyl/N-ethyl adjacent to an activating group) is 2. The number of rotatable bonds is 14. The Hall–Kier alpha value is -5.40. The van der Waals surface area contributed by atoms with E-state index in [4.69, 9.17) is 15.2 Å². The first-order chi connectivity index (χ1) is 34.2. The average molecular weight is 1020 g/mol. The van der Waals surface area contributed by atoms with Crippen LogP contribution in [0.3, 0.4) is 0 Å². The number of hydrogen-bond donors (Lipinski definition) is 5. The van der Waals surface area contributed by atoms with Gasteiger partial charge in [0.2, 0.25) is 17.7 Å². The predicted octanol–water partition coefficient (Wildman–Crippen LogP) is 5.00. The summed E-state index contributed by atoms with van der Waals surface area (Å²) >= 11 is 0. The molecule has 6 rings (SSSR count). The second kappa shape index (κ2) is 25.0. The smallest absolute Gasteiger partial charge is 0.324 e. The first kappa shape index (κ1) is 55.9. The number of carbonyl (C=O) groups excluding carboxylic acids is 5. The van der Waals surface area contributed by atoms with Crippen LogP contribution < -0.4 is 21.8 Å². The van der Waals surface area contributed by atoms with Crippen LogP contribution in [-0.2, 0) is 50.9 Å². The standard InChI is InChI=1S/C54H78N8O9S/c1-10-38-18-13-19-41(56-35(3)36(4)70-9)20-14-26-54(5,6)33-71-53(68)44-21-15-27-61(58-44)51(66)45(30-37-28-40(38)31-42(63)29-37)57-50(65)47(39-16-11-12-17-39)60(8)46(64)32-59(7)52(67)48-49(55)62(48)72(69)43-24-22-34(2)23-25-43/h10,18,22-25,28-29,31,36,39,41,44-45,47-49,56,58,63H,1,3,11-17,19-21,26-27,30,32-33,55H2,2,4-9H3,(H,57,65)/b38-18+/t36-,41?,44-,45-,47-,48+,49-,62?,72?/m0/s1. The van der Waals surface area contributed by atoms with Crippen molar-refractivity contribution in [1.82, 2.24) is 35.2 Å². The number of methoxy groups -OCH3 is 1. The van der Waals surface area contributed by atoms with Gasteiger partial charge in [0.25, 0.3) is 5.91 Å². The molecule has 4 amide bonds. The number of aromatic hydroxyl groups is 1. The van der Waals surface area contributed by atoms with Gasteiger partial charge < -0.3 is 40.7 Å². The van der Waals surface area contributed by atoms with E-state index in [2.05, 4.69) is 49.1 Å². The third kappa shape index (κ3) is 14.4. The molecule has 1 saturated carbocycles. The summed E-state index contributed by atoms with van der Waals surface area (Å²) in [5.74, 6) is -2.78. The second-order valence-corrected chi connectivity index (χ2v) is 22.3. The van der Waals surface area contributed by atoms with Crippen LogP contribution in [0, 0.1) is 18.3 Å². The van der Waals surface area contributed by atoms with Gasteiger partial charge in [0.15, 0.2) is 0 Å². The minimum Gasteiger partial charge on any atom is -0.508 e. The normalized spacial score (nSPS) is 26.3. The van der Waals surface area contributed by atoms with Gasteiger partial charge in [-0.2, -0.15) is 4.31 Å². The molecular weight excluding hydrogens is 937 g/mol. The molecule has 72 heavy (non-hydrogen) atoms. The molecule has 3 heterocycles. The monoisotopic (exact) mass is 1010 g/mol. The fourth-order valence-electron chi connectivity index (χ4n) is 10.0. The molecular formula is C54H78N8O9S. The van der Waals surface area contributed by atoms with Crippen molar-refractivity contribution in [3.05, 3.63) is 90.2 Å². The lowest BCUT2D eigenvalue weighted by Gasteiger charge is -2.37. The maximum Gasteiger partial charge on any atom is 0.324 e. The first-order valence-electron chi connectivity index (χ1n) is 25.4. The Balaban J connectivity index is 1.26. The number of phenols is 1. The number of cyclic esters (lactones) is 1. The maximum absolute atomic E-state index is 14.9. The van der Waals surface area contributed by atoms with E-state index in [-0.39, 0.29) is 55.3 Å². The number of amides is 4. The number of esters is 1. The van der Waals surface area contributed by atoms with Crippen LogP contribution in [-0.4, -0.2) is 141 Å². The second-order valence-electron chi connectivity index (χ2n) is 20.9. The Morgan fingerprint density at radius 1 is 1.04 bits per heavy atom. The quantitative estimate of drug-likeness (QED) is 0.125. The van der Waals surface area contributed by atoms with Crippen LogP contribution in [0.4, 0.5) is 0 Å². The summed E-state index contributed by atoms with van der Waals surface area (Å²) in [6.07, 6.45) is 10.6. The molecule has 4 aliphatic rings. The Morgan fingerprint density at radius 3 is 2.43 bits per heavy atom. The lowest BCUT2D eigenvalue weighted by molar-refractivity contribution is -0.155. The number of benzene rings is 2. The summed E-state index contributed by atoms with van der Waals surface area (Å²) in [5, 5.41) is 19.2. The van der Waals surface area contributed by atoms with Gasteiger partial charge in [0.1, 0.15) is 40.9 Å². The van der Waals surface area contributed by atoms with Crippen LogP contribution in [0.25, 0.3) is 5.57 Å². The summed E-state index contributed by atoms with van der Waals surface area (Å²) in [6.45, 7) is 16.4. The summed E-state index contributed by atoms with van der Waals surface area (Å²) < 4.78 is 26.2. The summed E-state index contributed by atoms with van der Waals surface area (Å²) in [5.41, 5.74) is 12.8. The molecule has 9 atom stereocenters. The molecule has 3 fully saturated rings. The van der Waals surface area contributed by atoms with E-state index in [0.29, 0.717) is 48.1 Å². The van der Waals surface area contributed by atoms with Crippen molar-refractivity contribution < 1.29 is 42.8 Å². The highest BCUT2D eigenvalue weighted by molar-refractivity contribution is 7.83. The van der Waals surface area contributed by atoms with Crippen LogP contribution in [0.2, 0.25) is 0 Å². The lowest BCUT2D eigenvalue weighted by atomic mass is 9.87. The number of carbonyl (C=O) groups is 5. The fraction of sp³-hybridized carbons (Fsp3) is 0.574. The molecule has 6 N–H and O–H groups in total. The molecule has 17 nitrogen and oxygen atoms in total. The van der Waals surface area contributed by atoms with E-state index in [0.717, 1.165) is 55.4 Å². The molecule has 0 aromatic heterocycles. The van der Waals surface area contributed by atoms with Crippen molar-refractivity contribution in [3.8, 4) is 5.75 Å². The zero-order valence-corrected chi connectivity index (χ0v) is 44.1. The van der Waals surface area contributed by atoms with E-state index < -0.39 is 70.9 Å². The first-order valence-corrected chi connectivity index (χ1v) is 26.5. The lowest BCUT2D eigenvalue weighted by Crippen LogP contribution is -2.62. The van der Waals surface area contributed by atoms with Crippen molar-refractivity contribution in [2.24, 2.45) is 17.1 Å². The molecule has 2 aromatic rings. The molecule has 0 spiro atoms. The Morgan fingerprint density at radius 2 is 1.75 bits per heavy atom. The largest absolute Gasteiger partial charge is 0.508 e. The molecule has 2 aromatic carbocycles. The number of fused-ring (bicyclic) bond motifs is 4. The van der Waals surface area contributed by atoms with Gasteiger partial charge in [-0.25, -0.2) is 9.63 Å². The topological polar surface area (TPSA) is 216 Å². The van der Waals surface area contributed by atoms with Crippen molar-refractivity contribution in [2.75, 3.05) is 40.9 Å². The summed E-state index contributed by atoms with van der Waals surface area (Å²) in [6, 6.07) is 8.33. The Kier molecular flexibility index (Phi) is 19.4. The number of nitrogens with two attached hydrogens (primary N) is 1. The number of nitrogens with zero attached hydrogens (tertiary/aromatic N) is 4.